The zero-order chi connectivity index (χ0) is 29.1. The summed E-state index contributed by atoms with van der Waals surface area (Å²) in [5.41, 5.74) is 9.40. The zero-order valence-corrected chi connectivity index (χ0v) is 24.4. The maximum atomic E-state index is 15.0. The van der Waals surface area contributed by atoms with E-state index < -0.39 is 5.82 Å². The van der Waals surface area contributed by atoms with Crippen molar-refractivity contribution in [3.63, 3.8) is 0 Å². The summed E-state index contributed by atoms with van der Waals surface area (Å²) in [5, 5.41) is 5.89. The van der Waals surface area contributed by atoms with Crippen LogP contribution in [0.5, 0.6) is 5.75 Å². The minimum atomic E-state index is -0.500. The van der Waals surface area contributed by atoms with Gasteiger partial charge in [-0.2, -0.15) is 5.10 Å². The quantitative estimate of drug-likeness (QED) is 0.212. The molecule has 1 saturated carbocycles. The van der Waals surface area contributed by atoms with E-state index in [0.717, 1.165) is 33.7 Å². The predicted octanol–water partition coefficient (Wildman–Crippen LogP) is 7.00. The molecule has 6 aromatic rings. The van der Waals surface area contributed by atoms with Crippen molar-refractivity contribution in [2.24, 2.45) is 5.92 Å². The second-order valence-corrected chi connectivity index (χ2v) is 12.1. The number of fused-ring (bicyclic) bond motifs is 2. The lowest BCUT2D eigenvalue weighted by Gasteiger charge is -2.18. The van der Waals surface area contributed by atoms with Gasteiger partial charge in [0.25, 0.3) is 5.56 Å². The molecule has 1 atom stereocenters. The Morgan fingerprint density at radius 1 is 1.07 bits per heavy atom. The molecule has 0 saturated heterocycles. The molecule has 8 nitrogen and oxygen atoms in total. The van der Waals surface area contributed by atoms with Gasteiger partial charge >= 0.3 is 0 Å². The number of halogens is 2. The normalized spacial score (nSPS) is 14.2. The number of nitrogens with zero attached hydrogens (tertiary/aromatic N) is 5. The molecule has 1 fully saturated rings. The first kappa shape index (κ1) is 26.6. The van der Waals surface area contributed by atoms with Crippen LogP contribution >= 0.6 is 22.9 Å². The fourth-order valence-electron chi connectivity index (χ4n) is 5.43. The fourth-order valence-corrected chi connectivity index (χ4v) is 6.99. The molecular formula is C31H26ClFN6O2S. The standard InChI is InChI=1S/C31H26ClFN6O2S/c1-16(2)41-22-11-10-19(12-21(22)33)26-25-30(34)35-15-36-31(25)39(37-26)27(17-8-9-17)20-13-23(40)38-24(14-20)42-28(29(38)32)18-6-4-3-5-7-18/h3-7,10-17,27H,8-9H2,1-2H3,(H2,34,35,36)/t27-/m0/s1. The maximum absolute atomic E-state index is 15.0. The first-order chi connectivity index (χ1) is 20.3. The Balaban J connectivity index is 1.39. The summed E-state index contributed by atoms with van der Waals surface area (Å²) in [6, 6.07) is 17.8. The van der Waals surface area contributed by atoms with Crippen LogP contribution in [0.3, 0.4) is 0 Å². The minimum absolute atomic E-state index is 0.163. The highest BCUT2D eigenvalue weighted by atomic mass is 35.5. The van der Waals surface area contributed by atoms with Gasteiger partial charge in [-0.05, 0) is 68.0 Å². The van der Waals surface area contributed by atoms with Crippen LogP contribution in [-0.4, -0.2) is 30.3 Å². The van der Waals surface area contributed by atoms with Crippen LogP contribution in [0.15, 0.2) is 71.8 Å². The number of nitrogens with two attached hydrogens (primary N) is 1. The molecule has 212 valence electrons. The first-order valence-corrected chi connectivity index (χ1v) is 14.8. The number of anilines is 1. The van der Waals surface area contributed by atoms with Crippen molar-refractivity contribution in [1.29, 1.82) is 0 Å². The Morgan fingerprint density at radius 2 is 1.86 bits per heavy atom. The average molecular weight is 601 g/mol. The van der Waals surface area contributed by atoms with E-state index in [0.29, 0.717) is 27.4 Å². The highest BCUT2D eigenvalue weighted by Crippen LogP contribution is 2.46. The van der Waals surface area contributed by atoms with Crippen LogP contribution in [0.25, 0.3) is 37.6 Å². The van der Waals surface area contributed by atoms with E-state index in [2.05, 4.69) is 9.97 Å². The van der Waals surface area contributed by atoms with Gasteiger partial charge in [-0.25, -0.2) is 19.0 Å². The van der Waals surface area contributed by atoms with E-state index in [1.54, 1.807) is 22.6 Å². The lowest BCUT2D eigenvalue weighted by atomic mass is 10.0. The van der Waals surface area contributed by atoms with Crippen LogP contribution in [0, 0.1) is 11.7 Å². The zero-order valence-electron chi connectivity index (χ0n) is 22.8. The van der Waals surface area contributed by atoms with E-state index in [1.165, 1.54) is 23.7 Å². The molecule has 2 aromatic carbocycles. The third kappa shape index (κ3) is 4.51. The highest BCUT2D eigenvalue weighted by Gasteiger charge is 2.37. The van der Waals surface area contributed by atoms with E-state index in [4.69, 9.17) is 27.2 Å². The number of ether oxygens (including phenoxy) is 1. The molecule has 4 heterocycles. The Bertz CT molecular complexity index is 2030. The monoisotopic (exact) mass is 600 g/mol. The van der Waals surface area contributed by atoms with Gasteiger partial charge in [0.15, 0.2) is 17.2 Å². The number of hydrogen-bond acceptors (Lipinski definition) is 7. The number of hydrogen-bond donors (Lipinski definition) is 1. The smallest absolute Gasteiger partial charge is 0.257 e. The molecular weight excluding hydrogens is 575 g/mol. The minimum Gasteiger partial charge on any atom is -0.488 e. The molecule has 0 bridgehead atoms. The Morgan fingerprint density at radius 3 is 2.57 bits per heavy atom. The van der Waals surface area contributed by atoms with Crippen molar-refractivity contribution in [2.75, 3.05) is 5.73 Å². The van der Waals surface area contributed by atoms with Gasteiger partial charge in [0.1, 0.15) is 27.8 Å². The molecule has 1 aliphatic carbocycles. The Labute approximate surface area is 249 Å². The molecule has 0 amide bonds. The molecule has 7 rings (SSSR count). The second-order valence-electron chi connectivity index (χ2n) is 10.7. The Hall–Kier alpha value is -4.28. The lowest BCUT2D eigenvalue weighted by Crippen LogP contribution is -2.19. The van der Waals surface area contributed by atoms with Crippen LogP contribution in [0.4, 0.5) is 10.2 Å². The highest BCUT2D eigenvalue weighted by molar-refractivity contribution is 7.21. The van der Waals surface area contributed by atoms with Gasteiger partial charge in [0.05, 0.1) is 22.4 Å². The number of thiazole rings is 1. The van der Waals surface area contributed by atoms with Crippen molar-refractivity contribution in [1.82, 2.24) is 24.1 Å². The van der Waals surface area contributed by atoms with Gasteiger partial charge in [-0.15, -0.1) is 11.3 Å². The summed E-state index contributed by atoms with van der Waals surface area (Å²) >= 11 is 8.19. The van der Waals surface area contributed by atoms with Gasteiger partial charge in [0, 0.05) is 11.6 Å². The molecule has 0 spiro atoms. The third-order valence-corrected chi connectivity index (χ3v) is 9.02. The van der Waals surface area contributed by atoms with Crippen LogP contribution in [0.2, 0.25) is 5.15 Å². The van der Waals surface area contributed by atoms with Gasteiger partial charge in [-0.1, -0.05) is 41.9 Å². The fraction of sp³-hybridized carbons (Fsp3) is 0.226. The molecule has 0 radical (unpaired) electrons. The summed E-state index contributed by atoms with van der Waals surface area (Å²) in [4.78, 5) is 23.8. The van der Waals surface area contributed by atoms with Crippen LogP contribution in [0.1, 0.15) is 38.3 Å². The van der Waals surface area contributed by atoms with Crippen molar-refractivity contribution in [3.8, 4) is 27.4 Å². The largest absolute Gasteiger partial charge is 0.488 e. The molecule has 11 heteroatoms. The molecule has 42 heavy (non-hydrogen) atoms. The lowest BCUT2D eigenvalue weighted by molar-refractivity contribution is 0.231. The number of rotatable bonds is 7. The number of benzene rings is 2. The Kier molecular flexibility index (Phi) is 6.47. The topological polar surface area (TPSA) is 100 Å². The predicted molar refractivity (Wildman–Crippen MR) is 164 cm³/mol. The van der Waals surface area contributed by atoms with E-state index in [-0.39, 0.29) is 35.2 Å². The molecule has 0 unspecified atom stereocenters. The summed E-state index contributed by atoms with van der Waals surface area (Å²) in [6.07, 6.45) is 3.17. The van der Waals surface area contributed by atoms with Gasteiger partial charge < -0.3 is 10.5 Å². The average Bonchev–Trinajstić information content (AvgIpc) is 3.64. The number of nitrogen functional groups attached to an aromatic ring is 1. The van der Waals surface area contributed by atoms with Gasteiger partial charge in [-0.3, -0.25) is 9.20 Å². The summed E-state index contributed by atoms with van der Waals surface area (Å²) in [7, 11) is 0. The number of pyridine rings is 1. The molecule has 1 aliphatic rings. The molecule has 4 aromatic heterocycles. The van der Waals surface area contributed by atoms with Crippen LogP contribution in [-0.2, 0) is 0 Å². The van der Waals surface area contributed by atoms with Crippen molar-refractivity contribution < 1.29 is 9.13 Å². The maximum Gasteiger partial charge on any atom is 0.257 e. The van der Waals surface area contributed by atoms with Crippen molar-refractivity contribution in [2.45, 2.75) is 38.8 Å². The third-order valence-electron chi connectivity index (χ3n) is 7.41. The SMILES string of the molecule is CC(C)Oc1ccc(-c2nn([C@H](c3cc(=O)n4c(Cl)c(-c5ccccc5)sc4c3)C3CC3)c3ncnc(N)c23)cc1F. The van der Waals surface area contributed by atoms with Crippen molar-refractivity contribution >= 4 is 44.6 Å². The van der Waals surface area contributed by atoms with Gasteiger partial charge in [0.2, 0.25) is 0 Å². The van der Waals surface area contributed by atoms with E-state index in [1.807, 2.05) is 54.9 Å². The molecule has 2 N–H and O–H groups in total. The summed E-state index contributed by atoms with van der Waals surface area (Å²) in [5.74, 6) is 0.143. The van der Waals surface area contributed by atoms with Crippen molar-refractivity contribution in [3.05, 3.63) is 93.9 Å². The summed E-state index contributed by atoms with van der Waals surface area (Å²) < 4.78 is 24.0. The first-order valence-electron chi connectivity index (χ1n) is 13.7. The molecule has 0 aliphatic heterocycles. The number of aromatic nitrogens is 5. The summed E-state index contributed by atoms with van der Waals surface area (Å²) in [6.45, 7) is 3.68. The van der Waals surface area contributed by atoms with E-state index >= 15 is 4.39 Å². The van der Waals surface area contributed by atoms with Crippen LogP contribution < -0.4 is 16.0 Å². The van der Waals surface area contributed by atoms with E-state index in [9.17, 15) is 4.79 Å². The second kappa shape index (κ2) is 10.2.